The van der Waals surface area contributed by atoms with Gasteiger partial charge in [0.1, 0.15) is 12.0 Å². The molecule has 2 aromatic carbocycles. The smallest absolute Gasteiger partial charge is 0.250 e. The van der Waals surface area contributed by atoms with Crippen molar-refractivity contribution in [1.29, 1.82) is 0 Å². The lowest BCUT2D eigenvalue weighted by atomic mass is 10.2. The minimum absolute atomic E-state index is 0.199. The largest absolute Gasteiger partial charge is 0.382 e. The zero-order valence-electron chi connectivity index (χ0n) is 17.1. The average molecular weight is 437 g/mol. The summed E-state index contributed by atoms with van der Waals surface area (Å²) in [6, 6.07) is 14.1. The molecule has 0 saturated heterocycles. The number of carbonyl (C=O) groups is 2. The molecule has 0 aliphatic heterocycles. The summed E-state index contributed by atoms with van der Waals surface area (Å²) in [6.07, 6.45) is 3.14. The number of anilines is 6. The van der Waals surface area contributed by atoms with Crippen molar-refractivity contribution in [3.05, 3.63) is 72.5 Å². The molecule has 0 aliphatic carbocycles. The highest BCUT2D eigenvalue weighted by molar-refractivity contribution is 6.30. The van der Waals surface area contributed by atoms with Crippen molar-refractivity contribution in [1.82, 2.24) is 9.97 Å². The van der Waals surface area contributed by atoms with Gasteiger partial charge in [0.05, 0.1) is 5.69 Å². The second-order valence-electron chi connectivity index (χ2n) is 6.56. The molecule has 0 fully saturated rings. The molecule has 2 N–H and O–H groups in total. The van der Waals surface area contributed by atoms with Crippen molar-refractivity contribution in [2.75, 3.05) is 34.5 Å². The van der Waals surface area contributed by atoms with E-state index >= 15 is 0 Å². The molecule has 3 aromatic rings. The number of amides is 2. The van der Waals surface area contributed by atoms with Crippen LogP contribution >= 0.6 is 11.6 Å². The van der Waals surface area contributed by atoms with E-state index in [4.69, 9.17) is 17.3 Å². The van der Waals surface area contributed by atoms with Crippen LogP contribution in [0.3, 0.4) is 0 Å². The van der Waals surface area contributed by atoms with E-state index < -0.39 is 0 Å². The Bertz CT molecular complexity index is 1120. The number of carbonyl (C=O) groups excluding carboxylic acids is 2. The van der Waals surface area contributed by atoms with Gasteiger partial charge in [-0.15, -0.1) is 0 Å². The quantitative estimate of drug-likeness (QED) is 0.445. The van der Waals surface area contributed by atoms with Crippen molar-refractivity contribution >= 4 is 58.3 Å². The Balaban J connectivity index is 2.08. The van der Waals surface area contributed by atoms with Gasteiger partial charge in [-0.3, -0.25) is 14.5 Å². The molecule has 0 radical (unpaired) electrons. The topological polar surface area (TPSA) is 95.7 Å². The first-order chi connectivity index (χ1) is 14.9. The number of benzene rings is 2. The lowest BCUT2D eigenvalue weighted by molar-refractivity contribution is -0.113. The molecule has 0 aliphatic rings. The van der Waals surface area contributed by atoms with Gasteiger partial charge in [0.2, 0.25) is 12.3 Å². The van der Waals surface area contributed by atoms with Crippen LogP contribution in [0.1, 0.15) is 0 Å². The van der Waals surface area contributed by atoms with Crippen molar-refractivity contribution in [2.24, 2.45) is 0 Å². The van der Waals surface area contributed by atoms with E-state index in [-0.39, 0.29) is 17.5 Å². The third kappa shape index (κ3) is 4.49. The maximum atomic E-state index is 12.1. The summed E-state index contributed by atoms with van der Waals surface area (Å²) in [5.74, 6) is 0.212. The first-order valence-electron chi connectivity index (χ1n) is 9.22. The Morgan fingerprint density at radius 2 is 1.74 bits per heavy atom. The normalized spacial score (nSPS) is 10.3. The Morgan fingerprint density at radius 3 is 2.39 bits per heavy atom. The zero-order valence-corrected chi connectivity index (χ0v) is 17.8. The van der Waals surface area contributed by atoms with Gasteiger partial charge in [-0.2, -0.15) is 0 Å². The third-order valence-corrected chi connectivity index (χ3v) is 4.97. The highest BCUT2D eigenvalue weighted by Gasteiger charge is 2.22. The van der Waals surface area contributed by atoms with Crippen LogP contribution in [0.5, 0.6) is 0 Å². The van der Waals surface area contributed by atoms with Crippen molar-refractivity contribution in [2.45, 2.75) is 0 Å². The monoisotopic (exact) mass is 436 g/mol. The van der Waals surface area contributed by atoms with Gasteiger partial charge in [-0.05, 0) is 48.5 Å². The molecule has 158 valence electrons. The van der Waals surface area contributed by atoms with E-state index in [0.29, 0.717) is 28.5 Å². The molecule has 9 heteroatoms. The molecule has 0 atom stereocenters. The molecular weight excluding hydrogens is 416 g/mol. The second-order valence-corrected chi connectivity index (χ2v) is 7.00. The minimum atomic E-state index is -0.274. The highest BCUT2D eigenvalue weighted by atomic mass is 35.5. The predicted molar refractivity (Wildman–Crippen MR) is 124 cm³/mol. The number of nitrogen functional groups attached to an aromatic ring is 1. The Kier molecular flexibility index (Phi) is 6.52. The Labute approximate surface area is 185 Å². The van der Waals surface area contributed by atoms with Gasteiger partial charge in [0.25, 0.3) is 0 Å². The number of likely N-dealkylation sites (N-methyl/N-ethyl adjacent to an activating group) is 1. The SMILES string of the molecule is C=CC(=O)N(C)c1cccc(N(C=O)c2ncnc(N)c2N(C)c2ccc(Cl)cc2)c1. The van der Waals surface area contributed by atoms with Crippen LogP contribution in [-0.4, -0.2) is 36.4 Å². The van der Waals surface area contributed by atoms with E-state index in [1.165, 1.54) is 22.2 Å². The summed E-state index contributed by atoms with van der Waals surface area (Å²) >= 11 is 5.99. The maximum absolute atomic E-state index is 12.1. The van der Waals surface area contributed by atoms with E-state index in [0.717, 1.165) is 5.69 Å². The molecule has 8 nitrogen and oxygen atoms in total. The number of hydrogen-bond acceptors (Lipinski definition) is 6. The molecule has 0 unspecified atom stereocenters. The van der Waals surface area contributed by atoms with Crippen LogP contribution in [-0.2, 0) is 9.59 Å². The number of aromatic nitrogens is 2. The molecule has 1 aromatic heterocycles. The van der Waals surface area contributed by atoms with Gasteiger partial charge in [0.15, 0.2) is 11.6 Å². The highest BCUT2D eigenvalue weighted by Crippen LogP contribution is 2.38. The van der Waals surface area contributed by atoms with Gasteiger partial charge < -0.3 is 15.5 Å². The summed E-state index contributed by atoms with van der Waals surface area (Å²) in [5.41, 5.74) is 8.48. The van der Waals surface area contributed by atoms with Gasteiger partial charge >= 0.3 is 0 Å². The molecular formula is C22H21ClN6O2. The fourth-order valence-electron chi connectivity index (χ4n) is 3.02. The number of nitrogens with two attached hydrogens (primary N) is 1. The predicted octanol–water partition coefficient (Wildman–Crippen LogP) is 3.92. The summed E-state index contributed by atoms with van der Waals surface area (Å²) in [5, 5.41) is 0.596. The first-order valence-corrected chi connectivity index (χ1v) is 9.59. The summed E-state index contributed by atoms with van der Waals surface area (Å²) in [4.78, 5) is 37.1. The molecule has 0 saturated carbocycles. The molecule has 0 bridgehead atoms. The molecule has 2 amide bonds. The van der Waals surface area contributed by atoms with Crippen molar-refractivity contribution in [3.8, 4) is 0 Å². The summed E-state index contributed by atoms with van der Waals surface area (Å²) < 4.78 is 0. The molecule has 3 rings (SSSR count). The maximum Gasteiger partial charge on any atom is 0.250 e. The fraction of sp³-hybridized carbons (Fsp3) is 0.0909. The van der Waals surface area contributed by atoms with Gasteiger partial charge in [-0.1, -0.05) is 24.2 Å². The van der Waals surface area contributed by atoms with Crippen molar-refractivity contribution in [3.63, 3.8) is 0 Å². The van der Waals surface area contributed by atoms with Crippen LogP contribution in [0.25, 0.3) is 0 Å². The summed E-state index contributed by atoms with van der Waals surface area (Å²) in [6.45, 7) is 3.50. The molecule has 31 heavy (non-hydrogen) atoms. The number of nitrogens with zero attached hydrogens (tertiary/aromatic N) is 5. The number of hydrogen-bond donors (Lipinski definition) is 1. The zero-order chi connectivity index (χ0) is 22.5. The van der Waals surface area contributed by atoms with E-state index in [1.807, 2.05) is 12.1 Å². The van der Waals surface area contributed by atoms with Crippen LogP contribution in [0.15, 0.2) is 67.5 Å². The van der Waals surface area contributed by atoms with Crippen LogP contribution < -0.4 is 20.4 Å². The van der Waals surface area contributed by atoms with Crippen molar-refractivity contribution < 1.29 is 9.59 Å². The molecule has 1 heterocycles. The summed E-state index contributed by atoms with van der Waals surface area (Å²) in [7, 11) is 3.41. The molecule has 0 spiro atoms. The van der Waals surface area contributed by atoms with Crippen LogP contribution in [0.4, 0.5) is 34.4 Å². The minimum Gasteiger partial charge on any atom is -0.382 e. The first kappa shape index (κ1) is 21.8. The Hall–Kier alpha value is -3.91. The van der Waals surface area contributed by atoms with E-state index in [1.54, 1.807) is 55.4 Å². The van der Waals surface area contributed by atoms with Gasteiger partial charge in [0, 0.05) is 30.5 Å². The van der Waals surface area contributed by atoms with Crippen LogP contribution in [0.2, 0.25) is 5.02 Å². The second kappa shape index (κ2) is 9.27. The van der Waals surface area contributed by atoms with Crippen LogP contribution in [0, 0.1) is 0 Å². The lowest BCUT2D eigenvalue weighted by Crippen LogP contribution is -2.25. The number of halogens is 1. The van der Waals surface area contributed by atoms with Gasteiger partial charge in [-0.25, -0.2) is 9.97 Å². The number of rotatable bonds is 7. The Morgan fingerprint density at radius 1 is 1.06 bits per heavy atom. The lowest BCUT2D eigenvalue weighted by Gasteiger charge is -2.27. The third-order valence-electron chi connectivity index (χ3n) is 4.71. The average Bonchev–Trinajstić information content (AvgIpc) is 2.79. The van der Waals surface area contributed by atoms with E-state index in [9.17, 15) is 9.59 Å². The van der Waals surface area contributed by atoms with E-state index in [2.05, 4.69) is 16.5 Å². The standard InChI is InChI=1S/C22H21ClN6O2/c1-4-19(31)27(2)17-6-5-7-18(12-17)29(14-30)22-20(21(24)25-13-26-22)28(3)16-10-8-15(23)9-11-16/h4-14H,1H2,2-3H3,(H2,24,25,26). The fourth-order valence-corrected chi connectivity index (χ4v) is 3.15.